The summed E-state index contributed by atoms with van der Waals surface area (Å²) in [6.07, 6.45) is 0. The van der Waals surface area contributed by atoms with Crippen molar-refractivity contribution in [1.82, 2.24) is 0 Å². The molecule has 0 aliphatic heterocycles. The average molecular weight is 124 g/mol. The fraction of sp³-hybridized carbons (Fsp3) is 1.00. The molecule has 0 rings (SSSR count). The van der Waals surface area contributed by atoms with Gasteiger partial charge in [-0.2, -0.15) is 0 Å². The van der Waals surface area contributed by atoms with Crippen LogP contribution in [-0.2, 0) is 4.89 Å². The second-order valence-electron chi connectivity index (χ2n) is 2.13. The molecule has 2 nitrogen and oxygen atoms in total. The normalized spacial score (nSPS) is 27.0. The van der Waals surface area contributed by atoms with Gasteiger partial charge in [0.25, 0.3) is 0 Å². The quantitative estimate of drug-likeness (QED) is 0.450. The highest BCUT2D eigenvalue weighted by Gasteiger charge is 2.22. The second kappa shape index (κ2) is 2.46. The van der Waals surface area contributed by atoms with E-state index in [-0.39, 0.29) is 0 Å². The molecular weight excluding hydrogens is 104 g/mol. The van der Waals surface area contributed by atoms with Crippen molar-refractivity contribution < 1.29 is 18.4 Å². The van der Waals surface area contributed by atoms with Gasteiger partial charge in [-0.05, 0) is 19.8 Å². The smallest absolute Gasteiger partial charge is 0.1000 e. The average Bonchev–Trinajstić information content (AvgIpc) is 1.79. The minimum absolute atomic E-state index is 1.22. The van der Waals surface area contributed by atoms with Gasteiger partial charge in [0.15, 0.2) is 0 Å². The molecule has 0 unspecified atom stereocenters. The summed E-state index contributed by atoms with van der Waals surface area (Å²) in [6.45, 7) is -2.98. The van der Waals surface area contributed by atoms with Crippen molar-refractivity contribution in [3.63, 3.8) is 0 Å². The zero-order chi connectivity index (χ0) is 11.8. The van der Waals surface area contributed by atoms with Crippen molar-refractivity contribution in [3.05, 3.63) is 0 Å². The molecule has 0 radical (unpaired) electrons. The first kappa shape index (κ1) is 2.27. The lowest BCUT2D eigenvalue weighted by Gasteiger charge is -2.24. The van der Waals surface area contributed by atoms with Crippen LogP contribution in [0.5, 0.6) is 0 Å². The van der Waals surface area contributed by atoms with Gasteiger partial charge in [-0.1, -0.05) is 13.7 Å². The van der Waals surface area contributed by atoms with E-state index in [4.69, 9.17) is 13.5 Å². The van der Waals surface area contributed by atoms with Crippen LogP contribution in [0.2, 0.25) is 0 Å². The highest BCUT2D eigenvalue weighted by Crippen LogP contribution is 2.17. The first-order valence-electron chi connectivity index (χ1n) is 5.25. The standard InChI is InChI=1S/C6H14O2/c1-5(2)6(3,4)8-7/h5,7H,1-4H3/i1D3,2D3. The maximum atomic E-state index is 8.49. The van der Waals surface area contributed by atoms with E-state index in [1.165, 1.54) is 13.8 Å². The number of hydrogen-bond donors (Lipinski definition) is 1. The van der Waals surface area contributed by atoms with Gasteiger partial charge >= 0.3 is 0 Å². The van der Waals surface area contributed by atoms with Crippen LogP contribution in [0.4, 0.5) is 0 Å². The van der Waals surface area contributed by atoms with Gasteiger partial charge < -0.3 is 0 Å². The summed E-state index contributed by atoms with van der Waals surface area (Å²) in [5.41, 5.74) is -1.64. The lowest BCUT2D eigenvalue weighted by atomic mass is 9.95. The summed E-state index contributed by atoms with van der Waals surface area (Å²) in [5.74, 6) is -1.73. The van der Waals surface area contributed by atoms with E-state index in [0.717, 1.165) is 0 Å². The molecule has 50 valence electrons. The van der Waals surface area contributed by atoms with Gasteiger partial charge in [-0.3, -0.25) is 5.26 Å². The van der Waals surface area contributed by atoms with Crippen molar-refractivity contribution in [2.24, 2.45) is 5.92 Å². The van der Waals surface area contributed by atoms with Crippen molar-refractivity contribution in [1.29, 1.82) is 0 Å². The van der Waals surface area contributed by atoms with Crippen LogP contribution in [0.15, 0.2) is 0 Å². The fourth-order valence-corrected chi connectivity index (χ4v) is 0.0527. The number of hydrogen-bond acceptors (Lipinski definition) is 2. The van der Waals surface area contributed by atoms with Gasteiger partial charge in [0.2, 0.25) is 0 Å². The van der Waals surface area contributed by atoms with Crippen molar-refractivity contribution in [2.75, 3.05) is 0 Å². The molecule has 0 saturated heterocycles. The summed E-state index contributed by atoms with van der Waals surface area (Å²) in [5, 5.41) is 8.49. The molecule has 0 fully saturated rings. The summed E-state index contributed by atoms with van der Waals surface area (Å²) in [7, 11) is 0. The Bertz CT molecular complexity index is 179. The van der Waals surface area contributed by atoms with Crippen LogP contribution < -0.4 is 0 Å². The molecule has 0 bridgehead atoms. The summed E-state index contributed by atoms with van der Waals surface area (Å²) < 4.78 is 42.5. The summed E-state index contributed by atoms with van der Waals surface area (Å²) >= 11 is 0. The molecule has 0 aromatic heterocycles. The van der Waals surface area contributed by atoms with Crippen LogP contribution in [0.25, 0.3) is 0 Å². The van der Waals surface area contributed by atoms with Crippen LogP contribution in [0.3, 0.4) is 0 Å². The van der Waals surface area contributed by atoms with Crippen molar-refractivity contribution in [3.8, 4) is 0 Å². The zero-order valence-electron chi connectivity index (χ0n) is 10.9. The van der Waals surface area contributed by atoms with E-state index in [0.29, 0.717) is 0 Å². The van der Waals surface area contributed by atoms with Gasteiger partial charge in [-0.15, -0.1) is 0 Å². The third-order valence-corrected chi connectivity index (χ3v) is 0.930. The first-order chi connectivity index (χ1) is 5.93. The minimum atomic E-state index is -2.71. The Morgan fingerprint density at radius 2 is 2.12 bits per heavy atom. The van der Waals surface area contributed by atoms with Gasteiger partial charge in [0.05, 0.1) is 5.60 Å². The molecule has 8 heavy (non-hydrogen) atoms. The maximum Gasteiger partial charge on any atom is 0.1000 e. The monoisotopic (exact) mass is 124 g/mol. The van der Waals surface area contributed by atoms with Crippen LogP contribution in [0, 0.1) is 5.92 Å². The Balaban J connectivity index is 5.14. The van der Waals surface area contributed by atoms with Crippen LogP contribution in [0.1, 0.15) is 35.8 Å². The van der Waals surface area contributed by atoms with Gasteiger partial charge in [-0.25, -0.2) is 4.89 Å². The Morgan fingerprint density at radius 1 is 1.62 bits per heavy atom. The Hall–Kier alpha value is -0.0800. The molecule has 0 aliphatic rings. The minimum Gasteiger partial charge on any atom is -0.251 e. The molecule has 2 heteroatoms. The SMILES string of the molecule is [2H]C([2H])([2H])C(C([2H])([2H])[2H])C(C)(C)OO. The van der Waals surface area contributed by atoms with E-state index >= 15 is 0 Å². The Labute approximate surface area is 58.8 Å². The highest BCUT2D eigenvalue weighted by atomic mass is 17.1. The molecule has 1 N–H and O–H groups in total. The fourth-order valence-electron chi connectivity index (χ4n) is 0.0527. The molecule has 0 amide bonds. The molecular formula is C6H14O2. The van der Waals surface area contributed by atoms with E-state index < -0.39 is 25.2 Å². The molecule has 0 atom stereocenters. The van der Waals surface area contributed by atoms with Crippen LogP contribution in [-0.4, -0.2) is 10.9 Å². The zero-order valence-corrected chi connectivity index (χ0v) is 4.93. The van der Waals surface area contributed by atoms with Gasteiger partial charge in [0.1, 0.15) is 0 Å². The van der Waals surface area contributed by atoms with Crippen molar-refractivity contribution >= 4 is 0 Å². The Kier molecular flexibility index (Phi) is 0.700. The summed E-state index contributed by atoms with van der Waals surface area (Å²) in [6, 6.07) is 0. The molecule has 0 heterocycles. The van der Waals surface area contributed by atoms with E-state index in [1.807, 2.05) is 0 Å². The lowest BCUT2D eigenvalue weighted by Crippen LogP contribution is -2.29. The third kappa shape index (κ3) is 1.80. The predicted molar refractivity (Wildman–Crippen MR) is 32.6 cm³/mol. The van der Waals surface area contributed by atoms with Crippen molar-refractivity contribution in [2.45, 2.75) is 33.2 Å². The first-order valence-corrected chi connectivity index (χ1v) is 2.25. The van der Waals surface area contributed by atoms with E-state index in [9.17, 15) is 0 Å². The maximum absolute atomic E-state index is 8.49. The van der Waals surface area contributed by atoms with E-state index in [1.54, 1.807) is 0 Å². The molecule has 0 aromatic rings. The van der Waals surface area contributed by atoms with Crippen LogP contribution >= 0.6 is 0 Å². The lowest BCUT2D eigenvalue weighted by molar-refractivity contribution is -0.323. The second-order valence-corrected chi connectivity index (χ2v) is 2.13. The molecule has 0 aliphatic carbocycles. The number of rotatable bonds is 2. The molecule has 0 saturated carbocycles. The Morgan fingerprint density at radius 3 is 2.25 bits per heavy atom. The summed E-state index contributed by atoms with van der Waals surface area (Å²) in [4.78, 5) is 3.93. The third-order valence-electron chi connectivity index (χ3n) is 0.930. The van der Waals surface area contributed by atoms with Gasteiger partial charge in [0, 0.05) is 8.22 Å². The predicted octanol–water partition coefficient (Wildman–Crippen LogP) is 1.91. The van der Waals surface area contributed by atoms with E-state index in [2.05, 4.69) is 4.89 Å². The highest BCUT2D eigenvalue weighted by molar-refractivity contribution is 4.69. The molecule has 0 aromatic carbocycles. The molecule has 0 spiro atoms. The topological polar surface area (TPSA) is 29.5 Å². The largest absolute Gasteiger partial charge is 0.251 e.